The molecule has 1 atom stereocenters. The predicted molar refractivity (Wildman–Crippen MR) is 96.9 cm³/mol. The Morgan fingerprint density at radius 3 is 2.52 bits per heavy atom. The number of hydrogen-bond donors (Lipinski definition) is 1. The van der Waals surface area contributed by atoms with Gasteiger partial charge >= 0.3 is 6.03 Å². The van der Waals surface area contributed by atoms with E-state index in [1.54, 1.807) is 18.6 Å². The lowest BCUT2D eigenvalue weighted by Gasteiger charge is -2.35. The first-order chi connectivity index (χ1) is 12.3. The molecule has 6 nitrogen and oxygen atoms in total. The van der Waals surface area contributed by atoms with E-state index >= 15 is 0 Å². The third kappa shape index (κ3) is 4.76. The van der Waals surface area contributed by atoms with Crippen molar-refractivity contribution >= 4 is 6.03 Å². The van der Waals surface area contributed by atoms with Gasteiger partial charge in [0.15, 0.2) is 0 Å². The third-order valence-electron chi connectivity index (χ3n) is 4.60. The molecule has 1 aliphatic rings. The maximum absolute atomic E-state index is 12.6. The number of carbonyl (C=O) groups excluding carboxylic acids is 1. The largest absolute Gasteiger partial charge is 0.331 e. The molecule has 0 saturated carbocycles. The maximum Gasteiger partial charge on any atom is 0.317 e. The number of piperazine rings is 1. The van der Waals surface area contributed by atoms with Crippen LogP contribution in [0, 0.1) is 0 Å². The summed E-state index contributed by atoms with van der Waals surface area (Å²) >= 11 is 0. The zero-order valence-corrected chi connectivity index (χ0v) is 14.6. The van der Waals surface area contributed by atoms with Gasteiger partial charge in [0.25, 0.3) is 0 Å². The summed E-state index contributed by atoms with van der Waals surface area (Å²) in [5.74, 6) is 0. The van der Waals surface area contributed by atoms with Gasteiger partial charge in [0.05, 0.1) is 6.04 Å². The molecule has 0 unspecified atom stereocenters. The number of nitrogens with zero attached hydrogens (tertiary/aromatic N) is 4. The smallest absolute Gasteiger partial charge is 0.317 e. The molecule has 132 valence electrons. The van der Waals surface area contributed by atoms with Gasteiger partial charge in [-0.3, -0.25) is 14.9 Å². The average Bonchev–Trinajstić information content (AvgIpc) is 2.68. The Kier molecular flexibility index (Phi) is 5.95. The second kappa shape index (κ2) is 8.58. The molecular weight excluding hydrogens is 314 g/mol. The first-order valence-corrected chi connectivity index (χ1v) is 8.83. The van der Waals surface area contributed by atoms with Gasteiger partial charge in [-0.1, -0.05) is 13.0 Å². The lowest BCUT2D eigenvalue weighted by atomic mass is 10.1. The van der Waals surface area contributed by atoms with Crippen molar-refractivity contribution in [2.45, 2.75) is 25.9 Å². The van der Waals surface area contributed by atoms with E-state index in [1.165, 1.54) is 5.56 Å². The van der Waals surface area contributed by atoms with Crippen LogP contribution in [0.25, 0.3) is 0 Å². The number of pyridine rings is 2. The molecule has 2 aromatic heterocycles. The SMILES string of the molecule is CC[C@@H](NC(=O)N1CCN(Cc2cccnc2)CC1)c1ccncc1. The molecule has 2 aromatic rings. The number of hydrogen-bond acceptors (Lipinski definition) is 4. The van der Waals surface area contributed by atoms with Gasteiger partial charge in [-0.25, -0.2) is 4.79 Å². The van der Waals surface area contributed by atoms with E-state index in [2.05, 4.69) is 33.2 Å². The van der Waals surface area contributed by atoms with Crippen molar-refractivity contribution in [1.82, 2.24) is 25.1 Å². The summed E-state index contributed by atoms with van der Waals surface area (Å²) in [6, 6.07) is 8.02. The van der Waals surface area contributed by atoms with E-state index < -0.39 is 0 Å². The monoisotopic (exact) mass is 339 g/mol. The van der Waals surface area contributed by atoms with Gasteiger partial charge in [-0.2, -0.15) is 0 Å². The van der Waals surface area contributed by atoms with E-state index in [-0.39, 0.29) is 12.1 Å². The molecule has 1 N–H and O–H groups in total. The van der Waals surface area contributed by atoms with Crippen molar-refractivity contribution in [3.05, 3.63) is 60.2 Å². The fourth-order valence-corrected chi connectivity index (χ4v) is 3.12. The Labute approximate surface area is 148 Å². The van der Waals surface area contributed by atoms with Crippen LogP contribution in [0.1, 0.15) is 30.5 Å². The summed E-state index contributed by atoms with van der Waals surface area (Å²) in [4.78, 5) is 25.0. The number of carbonyl (C=O) groups is 1. The fourth-order valence-electron chi connectivity index (χ4n) is 3.12. The standard InChI is InChI=1S/C19H25N5O/c1-2-18(17-5-8-20-9-6-17)22-19(25)24-12-10-23(11-13-24)15-16-4-3-7-21-14-16/h3-9,14,18H,2,10-13,15H2,1H3,(H,22,25)/t18-/m1/s1. The van der Waals surface area contributed by atoms with Crippen molar-refractivity contribution < 1.29 is 4.79 Å². The maximum atomic E-state index is 12.6. The number of amides is 2. The molecule has 0 spiro atoms. The molecule has 0 bridgehead atoms. The van der Waals surface area contributed by atoms with Crippen LogP contribution in [0.15, 0.2) is 49.1 Å². The summed E-state index contributed by atoms with van der Waals surface area (Å²) in [6.45, 7) is 6.23. The Morgan fingerprint density at radius 1 is 1.12 bits per heavy atom. The summed E-state index contributed by atoms with van der Waals surface area (Å²) in [7, 11) is 0. The van der Waals surface area contributed by atoms with Crippen LogP contribution >= 0.6 is 0 Å². The van der Waals surface area contributed by atoms with Crippen molar-refractivity contribution in [3.63, 3.8) is 0 Å². The minimum Gasteiger partial charge on any atom is -0.331 e. The zero-order chi connectivity index (χ0) is 17.5. The second-order valence-corrected chi connectivity index (χ2v) is 6.32. The Bertz CT molecular complexity index is 656. The number of urea groups is 1. The van der Waals surface area contributed by atoms with Gasteiger partial charge in [0.2, 0.25) is 0 Å². The normalized spacial score (nSPS) is 16.4. The van der Waals surface area contributed by atoms with E-state index in [9.17, 15) is 4.79 Å². The molecule has 1 aliphatic heterocycles. The summed E-state index contributed by atoms with van der Waals surface area (Å²) in [5.41, 5.74) is 2.31. The molecule has 2 amide bonds. The van der Waals surface area contributed by atoms with Crippen LogP contribution in [-0.4, -0.2) is 52.0 Å². The molecule has 1 saturated heterocycles. The molecule has 0 aliphatic carbocycles. The van der Waals surface area contributed by atoms with E-state index in [4.69, 9.17) is 0 Å². The van der Waals surface area contributed by atoms with Gasteiger partial charge < -0.3 is 10.2 Å². The molecule has 25 heavy (non-hydrogen) atoms. The van der Waals surface area contributed by atoms with Crippen LogP contribution in [-0.2, 0) is 6.54 Å². The first-order valence-electron chi connectivity index (χ1n) is 8.83. The van der Waals surface area contributed by atoms with E-state index in [0.717, 1.165) is 44.7 Å². The fraction of sp³-hybridized carbons (Fsp3) is 0.421. The van der Waals surface area contributed by atoms with Crippen LogP contribution in [0.3, 0.4) is 0 Å². The van der Waals surface area contributed by atoms with Crippen LogP contribution in [0.2, 0.25) is 0 Å². The van der Waals surface area contributed by atoms with Crippen molar-refractivity contribution in [2.24, 2.45) is 0 Å². The van der Waals surface area contributed by atoms with Crippen LogP contribution in [0.5, 0.6) is 0 Å². The van der Waals surface area contributed by atoms with Gasteiger partial charge in [-0.15, -0.1) is 0 Å². The lowest BCUT2D eigenvalue weighted by molar-refractivity contribution is 0.133. The number of nitrogens with one attached hydrogen (secondary N) is 1. The molecule has 0 radical (unpaired) electrons. The van der Waals surface area contributed by atoms with Gasteiger partial charge in [0.1, 0.15) is 0 Å². The third-order valence-corrected chi connectivity index (χ3v) is 4.60. The summed E-state index contributed by atoms with van der Waals surface area (Å²) in [6.07, 6.45) is 8.08. The van der Waals surface area contributed by atoms with E-state index in [1.807, 2.05) is 29.3 Å². The zero-order valence-electron chi connectivity index (χ0n) is 14.6. The molecule has 3 rings (SSSR count). The summed E-state index contributed by atoms with van der Waals surface area (Å²) in [5, 5.41) is 3.15. The number of rotatable bonds is 5. The highest BCUT2D eigenvalue weighted by Crippen LogP contribution is 2.16. The van der Waals surface area contributed by atoms with Crippen LogP contribution < -0.4 is 5.32 Å². The van der Waals surface area contributed by atoms with Crippen molar-refractivity contribution in [3.8, 4) is 0 Å². The highest BCUT2D eigenvalue weighted by atomic mass is 16.2. The van der Waals surface area contributed by atoms with E-state index in [0.29, 0.717) is 0 Å². The quantitative estimate of drug-likeness (QED) is 0.909. The Hall–Kier alpha value is -2.47. The molecule has 1 fully saturated rings. The Morgan fingerprint density at radius 2 is 1.88 bits per heavy atom. The molecule has 6 heteroatoms. The average molecular weight is 339 g/mol. The Balaban J connectivity index is 1.49. The molecule has 0 aromatic carbocycles. The first kappa shape index (κ1) is 17.4. The summed E-state index contributed by atoms with van der Waals surface area (Å²) < 4.78 is 0. The lowest BCUT2D eigenvalue weighted by Crippen LogP contribution is -2.51. The number of aromatic nitrogens is 2. The minimum atomic E-state index is 0.0182. The van der Waals surface area contributed by atoms with Gasteiger partial charge in [0, 0.05) is 57.5 Å². The second-order valence-electron chi connectivity index (χ2n) is 6.32. The highest BCUT2D eigenvalue weighted by molar-refractivity contribution is 5.74. The highest BCUT2D eigenvalue weighted by Gasteiger charge is 2.23. The minimum absolute atomic E-state index is 0.0182. The van der Waals surface area contributed by atoms with Crippen molar-refractivity contribution in [2.75, 3.05) is 26.2 Å². The van der Waals surface area contributed by atoms with Crippen LogP contribution in [0.4, 0.5) is 4.79 Å². The molecule has 3 heterocycles. The van der Waals surface area contributed by atoms with Crippen molar-refractivity contribution in [1.29, 1.82) is 0 Å². The predicted octanol–water partition coefficient (Wildman–Crippen LogP) is 2.46. The molecular formula is C19H25N5O. The topological polar surface area (TPSA) is 61.4 Å². The van der Waals surface area contributed by atoms with Gasteiger partial charge in [-0.05, 0) is 35.7 Å².